The van der Waals surface area contributed by atoms with Crippen LogP contribution in [0.2, 0.25) is 6.55 Å². The fourth-order valence-corrected chi connectivity index (χ4v) is 10.3. The number of ether oxygens (including phenoxy) is 1. The van der Waals surface area contributed by atoms with Crippen LogP contribution in [0.15, 0.2) is 0 Å². The van der Waals surface area contributed by atoms with Crippen molar-refractivity contribution in [3.63, 3.8) is 0 Å². The number of hydrogen-bond donors (Lipinski definition) is 0. The van der Waals surface area contributed by atoms with Crippen LogP contribution in [-0.4, -0.2) is 33.1 Å². The van der Waals surface area contributed by atoms with E-state index >= 15 is 0 Å². The van der Waals surface area contributed by atoms with E-state index in [1.165, 1.54) is 57.8 Å². The minimum atomic E-state index is -2.55. The maximum absolute atomic E-state index is 7.29. The molecule has 0 aromatic carbocycles. The van der Waals surface area contributed by atoms with Crippen LogP contribution in [-0.2, 0) is 13.6 Å². The Balaban J connectivity index is 1.82. The van der Waals surface area contributed by atoms with Crippen molar-refractivity contribution in [1.82, 2.24) is 0 Å². The van der Waals surface area contributed by atoms with Crippen LogP contribution in [0.1, 0.15) is 120 Å². The van der Waals surface area contributed by atoms with Gasteiger partial charge in [0.15, 0.2) is 0 Å². The van der Waals surface area contributed by atoms with E-state index in [4.69, 9.17) is 13.6 Å². The van der Waals surface area contributed by atoms with E-state index in [0.717, 1.165) is 17.8 Å². The van der Waals surface area contributed by atoms with Crippen LogP contribution in [0.5, 0.6) is 0 Å². The van der Waals surface area contributed by atoms with Crippen molar-refractivity contribution in [2.45, 2.75) is 145 Å². The molecule has 0 radical (unpaired) electrons. The zero-order chi connectivity index (χ0) is 26.6. The van der Waals surface area contributed by atoms with Crippen LogP contribution >= 0.6 is 0 Å². The highest BCUT2D eigenvalue weighted by Crippen LogP contribution is 2.41. The Kier molecular flexibility index (Phi) is 11.4. The number of rotatable bonds is 10. The van der Waals surface area contributed by atoms with Crippen LogP contribution < -0.4 is 0 Å². The lowest BCUT2D eigenvalue weighted by atomic mass is 9.75. The van der Waals surface area contributed by atoms with E-state index < -0.39 is 8.56 Å². The normalized spacial score (nSPS) is 40.1. The Hall–Kier alpha value is 0.0969. The molecule has 3 rings (SSSR count). The maximum atomic E-state index is 7.29. The van der Waals surface area contributed by atoms with Crippen molar-refractivity contribution in [2.24, 2.45) is 53.3 Å². The SMILES string of the molecule is CC1CCC(C(C)C)C(OC[Si](C)(OC2CC(C)CCC2C(C)C)OC2CC(C)CCC2C(C)C)C1. The second-order valence-corrected chi connectivity index (χ2v) is 17.8. The third kappa shape index (κ3) is 8.30. The van der Waals surface area contributed by atoms with E-state index in [9.17, 15) is 0 Å². The first-order valence-corrected chi connectivity index (χ1v) is 18.4. The van der Waals surface area contributed by atoms with Gasteiger partial charge in [-0.05, 0) is 98.3 Å². The Bertz CT molecular complexity index is 615. The molecular weight excluding hydrogens is 460 g/mol. The molecular formula is C32H62O3Si. The van der Waals surface area contributed by atoms with Crippen LogP contribution in [0, 0.1) is 53.3 Å². The van der Waals surface area contributed by atoms with Gasteiger partial charge in [0.1, 0.15) is 0 Å². The van der Waals surface area contributed by atoms with Crippen molar-refractivity contribution < 1.29 is 13.6 Å². The van der Waals surface area contributed by atoms with Crippen LogP contribution in [0.4, 0.5) is 0 Å². The van der Waals surface area contributed by atoms with Crippen LogP contribution in [0.3, 0.4) is 0 Å². The summed E-state index contributed by atoms with van der Waals surface area (Å²) in [5.41, 5.74) is 0. The fraction of sp³-hybridized carbons (Fsp3) is 1.00. The zero-order valence-electron chi connectivity index (χ0n) is 25.7. The Morgan fingerprint density at radius 1 is 0.556 bits per heavy atom. The molecule has 4 heteroatoms. The molecule has 9 atom stereocenters. The molecule has 0 amide bonds. The molecule has 3 saturated carbocycles. The maximum Gasteiger partial charge on any atom is 0.362 e. The van der Waals surface area contributed by atoms with Gasteiger partial charge in [-0.1, -0.05) is 81.6 Å². The smallest absolute Gasteiger partial charge is 0.362 e. The third-order valence-corrected chi connectivity index (χ3v) is 12.5. The fourth-order valence-electron chi connectivity index (χ4n) is 7.80. The molecule has 0 heterocycles. The van der Waals surface area contributed by atoms with E-state index in [2.05, 4.69) is 68.9 Å². The van der Waals surface area contributed by atoms with Gasteiger partial charge in [-0.2, -0.15) is 0 Å². The minimum absolute atomic E-state index is 0.318. The molecule has 212 valence electrons. The molecule has 0 saturated heterocycles. The monoisotopic (exact) mass is 522 g/mol. The summed E-state index contributed by atoms with van der Waals surface area (Å²) in [7, 11) is -2.55. The van der Waals surface area contributed by atoms with Crippen molar-refractivity contribution in [1.29, 1.82) is 0 Å². The third-order valence-electron chi connectivity index (χ3n) is 10.2. The van der Waals surface area contributed by atoms with Crippen molar-refractivity contribution in [3.8, 4) is 0 Å². The molecule has 0 spiro atoms. The van der Waals surface area contributed by atoms with Gasteiger partial charge in [0.05, 0.1) is 24.5 Å². The predicted molar refractivity (Wildman–Crippen MR) is 155 cm³/mol. The largest absolute Gasteiger partial charge is 0.390 e. The summed E-state index contributed by atoms with van der Waals surface area (Å²) < 4.78 is 21.5. The average Bonchev–Trinajstić information content (AvgIpc) is 2.77. The minimum Gasteiger partial charge on any atom is -0.390 e. The molecule has 3 aliphatic carbocycles. The standard InChI is InChI=1S/C32H62O3Si/c1-21(2)27-14-11-24(7)17-30(27)33-20-36(10,34-31-18-25(8)12-15-28(31)22(3)4)35-32-19-26(9)13-16-29(32)23(5)6/h21-32H,11-20H2,1-10H3. The number of hydrogen-bond acceptors (Lipinski definition) is 3. The van der Waals surface area contributed by atoms with Gasteiger partial charge >= 0.3 is 8.56 Å². The van der Waals surface area contributed by atoms with Crippen molar-refractivity contribution in [3.05, 3.63) is 0 Å². The van der Waals surface area contributed by atoms with E-state index in [1.54, 1.807) is 0 Å². The molecule has 0 bridgehead atoms. The topological polar surface area (TPSA) is 27.7 Å². The Morgan fingerprint density at radius 2 is 0.889 bits per heavy atom. The average molecular weight is 523 g/mol. The van der Waals surface area contributed by atoms with Crippen LogP contribution in [0.25, 0.3) is 0 Å². The molecule has 36 heavy (non-hydrogen) atoms. The quantitative estimate of drug-likeness (QED) is 0.268. The highest BCUT2D eigenvalue weighted by molar-refractivity contribution is 6.66. The predicted octanol–water partition coefficient (Wildman–Crippen LogP) is 9.03. The molecule has 0 aromatic rings. The Labute approximate surface area is 226 Å². The van der Waals surface area contributed by atoms with Crippen molar-refractivity contribution >= 4 is 8.56 Å². The summed E-state index contributed by atoms with van der Waals surface area (Å²) in [5.74, 6) is 6.17. The first kappa shape index (κ1) is 30.6. The lowest BCUT2D eigenvalue weighted by molar-refractivity contribution is -0.0626. The molecule has 3 aliphatic rings. The Morgan fingerprint density at radius 3 is 1.25 bits per heavy atom. The first-order valence-electron chi connectivity index (χ1n) is 15.9. The van der Waals surface area contributed by atoms with Gasteiger partial charge < -0.3 is 13.6 Å². The summed E-state index contributed by atoms with van der Waals surface area (Å²) >= 11 is 0. The van der Waals surface area contributed by atoms with Gasteiger partial charge in [0.25, 0.3) is 0 Å². The molecule has 3 fully saturated rings. The highest BCUT2D eigenvalue weighted by atomic mass is 28.4. The highest BCUT2D eigenvalue weighted by Gasteiger charge is 2.46. The first-order chi connectivity index (χ1) is 16.9. The van der Waals surface area contributed by atoms with Crippen molar-refractivity contribution in [2.75, 3.05) is 6.23 Å². The summed E-state index contributed by atoms with van der Waals surface area (Å²) in [4.78, 5) is 0. The molecule has 3 nitrogen and oxygen atoms in total. The van der Waals surface area contributed by atoms with Gasteiger partial charge in [0.2, 0.25) is 0 Å². The van der Waals surface area contributed by atoms with Gasteiger partial charge in [-0.25, -0.2) is 0 Å². The van der Waals surface area contributed by atoms with E-state index in [0.29, 0.717) is 60.0 Å². The molecule has 0 N–H and O–H groups in total. The summed E-state index contributed by atoms with van der Waals surface area (Å²) in [6.07, 6.45) is 13.1. The van der Waals surface area contributed by atoms with Gasteiger partial charge in [-0.3, -0.25) is 0 Å². The van der Waals surface area contributed by atoms with E-state index in [-0.39, 0.29) is 0 Å². The summed E-state index contributed by atoms with van der Waals surface area (Å²) in [5, 5.41) is 0. The van der Waals surface area contributed by atoms with E-state index in [1.807, 2.05) is 0 Å². The lowest BCUT2D eigenvalue weighted by Crippen LogP contribution is -2.55. The van der Waals surface area contributed by atoms with Gasteiger partial charge in [-0.15, -0.1) is 0 Å². The zero-order valence-corrected chi connectivity index (χ0v) is 26.7. The second-order valence-electron chi connectivity index (χ2n) is 14.8. The summed E-state index contributed by atoms with van der Waals surface area (Å²) in [6.45, 7) is 23.9. The molecule has 0 aromatic heterocycles. The molecule has 9 unspecified atom stereocenters. The lowest BCUT2D eigenvalue weighted by Gasteiger charge is -2.46. The summed E-state index contributed by atoms with van der Waals surface area (Å²) in [6, 6.07) is 0. The van der Waals surface area contributed by atoms with Gasteiger partial charge in [0, 0.05) is 0 Å². The molecule has 0 aliphatic heterocycles. The second kappa shape index (κ2) is 13.4.